The number of anilines is 1. The number of carbonyl (C=O) groups is 1. The summed E-state index contributed by atoms with van der Waals surface area (Å²) >= 11 is 1.38. The zero-order valence-corrected chi connectivity index (χ0v) is 18.6. The molecule has 1 aliphatic carbocycles. The molecular weight excluding hydrogens is 442 g/mol. The van der Waals surface area contributed by atoms with Crippen molar-refractivity contribution in [1.82, 2.24) is 29.7 Å². The molecule has 166 valence electrons. The molecule has 1 aromatic carbocycles. The van der Waals surface area contributed by atoms with E-state index in [1.165, 1.54) is 11.3 Å². The minimum absolute atomic E-state index is 0.0211. The second kappa shape index (κ2) is 7.55. The lowest BCUT2D eigenvalue weighted by Gasteiger charge is -2.11. The van der Waals surface area contributed by atoms with Gasteiger partial charge in [0.15, 0.2) is 16.6 Å². The molecule has 0 bridgehead atoms. The van der Waals surface area contributed by atoms with Gasteiger partial charge in [-0.25, -0.2) is 15.0 Å². The van der Waals surface area contributed by atoms with Gasteiger partial charge in [-0.3, -0.25) is 14.5 Å². The highest BCUT2D eigenvalue weighted by Crippen LogP contribution is 2.37. The Morgan fingerprint density at radius 3 is 2.88 bits per heavy atom. The fraction of sp³-hybridized carbons (Fsp3) is 0.227. The summed E-state index contributed by atoms with van der Waals surface area (Å²) in [6, 6.07) is 7.72. The number of H-pyrrole nitrogens is 1. The van der Waals surface area contributed by atoms with Gasteiger partial charge in [0.1, 0.15) is 16.8 Å². The number of ether oxygens (including phenoxy) is 2. The molecule has 1 aliphatic rings. The third kappa shape index (κ3) is 3.37. The standard InChI is InChI=1S/C22H19N7O3S/c1-31-13-6-5-12-7-14(21(32-2)24-15(12)8-13)16-9-23-10-29(16)19-17-18(27-28-19)25-22(33-17)26-20(30)11-3-4-11/h5-11H,3-4H2,1-2H3,(H2,25,26,27,28,30). The van der Waals surface area contributed by atoms with Crippen LogP contribution in [0, 0.1) is 5.92 Å². The highest BCUT2D eigenvalue weighted by molar-refractivity contribution is 7.22. The topological polar surface area (TPSA) is 120 Å². The Morgan fingerprint density at radius 1 is 1.21 bits per heavy atom. The number of hydrogen-bond donors (Lipinski definition) is 2. The highest BCUT2D eigenvalue weighted by Gasteiger charge is 2.30. The Balaban J connectivity index is 1.43. The van der Waals surface area contributed by atoms with Gasteiger partial charge in [-0.2, -0.15) is 5.10 Å². The zero-order chi connectivity index (χ0) is 22.5. The van der Waals surface area contributed by atoms with Crippen molar-refractivity contribution in [2.75, 3.05) is 19.5 Å². The zero-order valence-electron chi connectivity index (χ0n) is 17.8. The number of thiazole rings is 1. The van der Waals surface area contributed by atoms with Gasteiger partial charge in [-0.15, -0.1) is 0 Å². The number of methoxy groups -OCH3 is 2. The third-order valence-corrected chi connectivity index (χ3v) is 6.57. The minimum Gasteiger partial charge on any atom is -0.497 e. The number of rotatable bonds is 6. The monoisotopic (exact) mass is 461 g/mol. The molecule has 1 fully saturated rings. The van der Waals surface area contributed by atoms with E-state index in [1.54, 1.807) is 26.7 Å². The summed E-state index contributed by atoms with van der Waals surface area (Å²) in [5.41, 5.74) is 2.91. The number of nitrogens with zero attached hydrogens (tertiary/aromatic N) is 5. The number of aromatic nitrogens is 6. The molecule has 5 aromatic rings. The van der Waals surface area contributed by atoms with Crippen LogP contribution in [0.25, 0.3) is 38.3 Å². The van der Waals surface area contributed by atoms with Crippen LogP contribution in [0.15, 0.2) is 36.8 Å². The lowest BCUT2D eigenvalue weighted by atomic mass is 10.1. The molecule has 33 heavy (non-hydrogen) atoms. The lowest BCUT2D eigenvalue weighted by Crippen LogP contribution is -2.12. The first kappa shape index (κ1) is 19.7. The molecule has 4 aromatic heterocycles. The number of nitrogens with one attached hydrogen (secondary N) is 2. The smallest absolute Gasteiger partial charge is 0.229 e. The number of pyridine rings is 1. The molecule has 2 N–H and O–H groups in total. The largest absolute Gasteiger partial charge is 0.497 e. The normalized spacial score (nSPS) is 13.5. The van der Waals surface area contributed by atoms with Crippen molar-refractivity contribution in [3.63, 3.8) is 0 Å². The van der Waals surface area contributed by atoms with Crippen LogP contribution in [-0.2, 0) is 4.79 Å². The summed E-state index contributed by atoms with van der Waals surface area (Å²) in [5.74, 6) is 1.96. The second-order valence-electron chi connectivity index (χ2n) is 7.76. The number of carbonyl (C=O) groups excluding carboxylic acids is 1. The maximum Gasteiger partial charge on any atom is 0.229 e. The Bertz CT molecular complexity index is 1520. The van der Waals surface area contributed by atoms with Gasteiger partial charge in [0.25, 0.3) is 0 Å². The summed E-state index contributed by atoms with van der Waals surface area (Å²) in [6.07, 6.45) is 5.31. The Kier molecular flexibility index (Phi) is 4.50. The van der Waals surface area contributed by atoms with Crippen LogP contribution in [0.4, 0.5) is 5.13 Å². The van der Waals surface area contributed by atoms with Gasteiger partial charge in [0.05, 0.1) is 37.2 Å². The van der Waals surface area contributed by atoms with E-state index in [-0.39, 0.29) is 11.8 Å². The van der Waals surface area contributed by atoms with Crippen molar-refractivity contribution in [3.8, 4) is 28.7 Å². The summed E-state index contributed by atoms with van der Waals surface area (Å²) in [5, 5.41) is 11.8. The van der Waals surface area contributed by atoms with Gasteiger partial charge in [0.2, 0.25) is 11.8 Å². The molecular formula is C22H19N7O3S. The van der Waals surface area contributed by atoms with Crippen molar-refractivity contribution in [3.05, 3.63) is 36.8 Å². The molecule has 4 heterocycles. The molecule has 0 saturated heterocycles. The third-order valence-electron chi connectivity index (χ3n) is 5.60. The molecule has 1 amide bonds. The van der Waals surface area contributed by atoms with Crippen LogP contribution in [0.5, 0.6) is 11.6 Å². The number of hydrogen-bond acceptors (Lipinski definition) is 8. The van der Waals surface area contributed by atoms with E-state index in [0.29, 0.717) is 22.5 Å². The van der Waals surface area contributed by atoms with E-state index in [9.17, 15) is 4.79 Å². The van der Waals surface area contributed by atoms with Gasteiger partial charge < -0.3 is 14.8 Å². The average molecular weight is 462 g/mol. The highest BCUT2D eigenvalue weighted by atomic mass is 32.1. The van der Waals surface area contributed by atoms with Crippen LogP contribution in [-0.4, -0.2) is 49.8 Å². The number of fused-ring (bicyclic) bond motifs is 2. The fourth-order valence-electron chi connectivity index (χ4n) is 3.73. The minimum atomic E-state index is 0.0211. The maximum absolute atomic E-state index is 12.1. The maximum atomic E-state index is 12.1. The van der Waals surface area contributed by atoms with Crippen LogP contribution >= 0.6 is 11.3 Å². The van der Waals surface area contributed by atoms with Crippen LogP contribution in [0.2, 0.25) is 0 Å². The Labute approximate surface area is 191 Å². The average Bonchev–Trinajstić information content (AvgIpc) is 3.26. The first-order valence-electron chi connectivity index (χ1n) is 10.4. The molecule has 0 atom stereocenters. The van der Waals surface area contributed by atoms with Crippen molar-refractivity contribution in [1.29, 1.82) is 0 Å². The molecule has 11 heteroatoms. The van der Waals surface area contributed by atoms with Crippen molar-refractivity contribution >= 4 is 43.6 Å². The van der Waals surface area contributed by atoms with Gasteiger partial charge in [-0.1, -0.05) is 11.3 Å². The van der Waals surface area contributed by atoms with E-state index in [4.69, 9.17) is 9.47 Å². The summed E-state index contributed by atoms with van der Waals surface area (Å²) in [4.78, 5) is 25.6. The molecule has 0 unspecified atom stereocenters. The van der Waals surface area contributed by atoms with E-state index >= 15 is 0 Å². The number of amides is 1. The van der Waals surface area contributed by atoms with Crippen molar-refractivity contribution in [2.24, 2.45) is 5.92 Å². The van der Waals surface area contributed by atoms with Crippen LogP contribution in [0.1, 0.15) is 12.8 Å². The number of benzene rings is 1. The Hall–Kier alpha value is -3.99. The summed E-state index contributed by atoms with van der Waals surface area (Å²) in [7, 11) is 3.21. The SMILES string of the molecule is COc1ccc2cc(-c3cncn3-c3n[nH]c4nc(NC(=O)C5CC5)sc34)c(OC)nc2c1. The first-order valence-corrected chi connectivity index (χ1v) is 11.2. The van der Waals surface area contributed by atoms with Gasteiger partial charge >= 0.3 is 0 Å². The first-order chi connectivity index (χ1) is 16.1. The van der Waals surface area contributed by atoms with E-state index in [2.05, 4.69) is 30.5 Å². The van der Waals surface area contributed by atoms with Crippen LogP contribution in [0.3, 0.4) is 0 Å². The van der Waals surface area contributed by atoms with Crippen molar-refractivity contribution < 1.29 is 14.3 Å². The molecule has 0 radical (unpaired) electrons. The van der Waals surface area contributed by atoms with E-state index in [0.717, 1.165) is 45.5 Å². The lowest BCUT2D eigenvalue weighted by molar-refractivity contribution is -0.117. The van der Waals surface area contributed by atoms with Crippen LogP contribution < -0.4 is 14.8 Å². The molecule has 0 aliphatic heterocycles. The Morgan fingerprint density at radius 2 is 2.09 bits per heavy atom. The quantitative estimate of drug-likeness (QED) is 0.395. The molecule has 6 rings (SSSR count). The molecule has 10 nitrogen and oxygen atoms in total. The van der Waals surface area contributed by atoms with Gasteiger partial charge in [-0.05, 0) is 31.0 Å². The van der Waals surface area contributed by atoms with E-state index in [1.807, 2.05) is 28.8 Å². The van der Waals surface area contributed by atoms with E-state index < -0.39 is 0 Å². The molecule has 0 spiro atoms. The number of aromatic amines is 1. The van der Waals surface area contributed by atoms with Crippen molar-refractivity contribution in [2.45, 2.75) is 12.8 Å². The second-order valence-corrected chi connectivity index (χ2v) is 8.76. The summed E-state index contributed by atoms with van der Waals surface area (Å²) < 4.78 is 13.6. The number of imidazole rings is 1. The summed E-state index contributed by atoms with van der Waals surface area (Å²) in [6.45, 7) is 0. The predicted octanol–water partition coefficient (Wildman–Crippen LogP) is 3.79. The molecule has 1 saturated carbocycles. The fourth-order valence-corrected chi connectivity index (χ4v) is 4.64. The van der Waals surface area contributed by atoms with Gasteiger partial charge in [0, 0.05) is 17.4 Å². The predicted molar refractivity (Wildman–Crippen MR) is 124 cm³/mol.